The van der Waals surface area contributed by atoms with Crippen molar-refractivity contribution in [2.45, 2.75) is 13.5 Å². The first-order valence-corrected chi connectivity index (χ1v) is 6.40. The third-order valence-corrected chi connectivity index (χ3v) is 3.65. The second-order valence-electron chi connectivity index (χ2n) is 3.98. The summed E-state index contributed by atoms with van der Waals surface area (Å²) in [6.45, 7) is 2.81. The summed E-state index contributed by atoms with van der Waals surface area (Å²) in [4.78, 5) is 5.32. The number of rotatable bonds is 3. The summed E-state index contributed by atoms with van der Waals surface area (Å²) in [6, 6.07) is 3.89. The highest BCUT2D eigenvalue weighted by Crippen LogP contribution is 2.38. The van der Waals surface area contributed by atoms with Gasteiger partial charge in [-0.1, -0.05) is 0 Å². The summed E-state index contributed by atoms with van der Waals surface area (Å²) in [5.41, 5.74) is 7.62. The zero-order valence-corrected chi connectivity index (χ0v) is 10.7. The number of nitrogens with two attached hydrogens (primary N) is 1. The smallest absolute Gasteiger partial charge is 0.231 e. The second-order valence-corrected chi connectivity index (χ2v) is 5.10. The van der Waals surface area contributed by atoms with E-state index in [1.807, 2.05) is 19.1 Å². The van der Waals surface area contributed by atoms with Crippen molar-refractivity contribution in [1.29, 1.82) is 0 Å². The number of hydrogen-bond donors (Lipinski definition) is 2. The van der Waals surface area contributed by atoms with Crippen molar-refractivity contribution < 1.29 is 9.47 Å². The molecule has 0 saturated heterocycles. The van der Waals surface area contributed by atoms with Crippen molar-refractivity contribution in [3.63, 3.8) is 0 Å². The first-order valence-electron chi connectivity index (χ1n) is 5.58. The highest BCUT2D eigenvalue weighted by atomic mass is 32.1. The number of ether oxygens (including phenoxy) is 2. The molecule has 0 radical (unpaired) electrons. The number of fused-ring (bicyclic) bond motifs is 1. The van der Waals surface area contributed by atoms with Crippen LogP contribution in [0.3, 0.4) is 0 Å². The lowest BCUT2D eigenvalue weighted by atomic mass is 10.2. The minimum absolute atomic E-state index is 0.285. The van der Waals surface area contributed by atoms with E-state index in [1.54, 1.807) is 17.5 Å². The topological polar surface area (TPSA) is 69.4 Å². The zero-order chi connectivity index (χ0) is 12.5. The molecule has 2 heterocycles. The van der Waals surface area contributed by atoms with Crippen molar-refractivity contribution in [2.24, 2.45) is 5.73 Å². The van der Waals surface area contributed by atoms with Crippen molar-refractivity contribution in [2.75, 3.05) is 12.1 Å². The van der Waals surface area contributed by atoms with Crippen LogP contribution in [0.5, 0.6) is 11.5 Å². The van der Waals surface area contributed by atoms with E-state index in [0.29, 0.717) is 6.54 Å². The van der Waals surface area contributed by atoms with E-state index >= 15 is 0 Å². The first kappa shape index (κ1) is 11.3. The van der Waals surface area contributed by atoms with Crippen LogP contribution in [0, 0.1) is 6.92 Å². The molecule has 0 spiro atoms. The van der Waals surface area contributed by atoms with Crippen LogP contribution in [0.25, 0.3) is 0 Å². The van der Waals surface area contributed by atoms with Gasteiger partial charge in [-0.25, -0.2) is 4.98 Å². The fraction of sp³-hybridized carbons (Fsp3) is 0.250. The summed E-state index contributed by atoms with van der Waals surface area (Å²) in [5.74, 6) is 1.55. The van der Waals surface area contributed by atoms with E-state index < -0.39 is 0 Å². The number of benzene rings is 1. The molecule has 0 atom stereocenters. The molecule has 3 N–H and O–H groups in total. The number of hydrogen-bond acceptors (Lipinski definition) is 6. The highest BCUT2D eigenvalue weighted by Gasteiger charge is 2.16. The van der Waals surface area contributed by atoms with Crippen LogP contribution in [-0.2, 0) is 6.54 Å². The van der Waals surface area contributed by atoms with Crippen molar-refractivity contribution in [1.82, 2.24) is 4.98 Å². The van der Waals surface area contributed by atoms with Crippen LogP contribution in [0.1, 0.15) is 10.4 Å². The molecule has 1 aromatic heterocycles. The molecule has 1 aromatic carbocycles. The van der Waals surface area contributed by atoms with Crippen LogP contribution in [0.15, 0.2) is 18.3 Å². The van der Waals surface area contributed by atoms with Crippen molar-refractivity contribution >= 4 is 22.2 Å². The lowest BCUT2D eigenvalue weighted by Gasteiger charge is -2.07. The summed E-state index contributed by atoms with van der Waals surface area (Å²) < 4.78 is 10.7. The van der Waals surface area contributed by atoms with E-state index in [9.17, 15) is 0 Å². The summed E-state index contributed by atoms with van der Waals surface area (Å²) in [7, 11) is 0. The molecule has 0 unspecified atom stereocenters. The number of aromatic nitrogens is 1. The Morgan fingerprint density at radius 3 is 2.89 bits per heavy atom. The number of nitrogens with zero attached hydrogens (tertiary/aromatic N) is 1. The summed E-state index contributed by atoms with van der Waals surface area (Å²) in [6.07, 6.45) is 1.79. The number of thiazole rings is 1. The Balaban J connectivity index is 1.88. The quantitative estimate of drug-likeness (QED) is 0.889. The van der Waals surface area contributed by atoms with Crippen LogP contribution in [0.2, 0.25) is 0 Å². The third kappa shape index (κ3) is 2.00. The van der Waals surface area contributed by atoms with Gasteiger partial charge in [0.2, 0.25) is 6.79 Å². The minimum Gasteiger partial charge on any atom is -0.454 e. The van der Waals surface area contributed by atoms with Crippen LogP contribution in [0.4, 0.5) is 10.8 Å². The predicted molar refractivity (Wildman–Crippen MR) is 70.6 cm³/mol. The molecule has 6 heteroatoms. The molecule has 5 nitrogen and oxygen atoms in total. The Morgan fingerprint density at radius 1 is 1.39 bits per heavy atom. The second kappa shape index (κ2) is 4.47. The molecular formula is C12H13N3O2S. The van der Waals surface area contributed by atoms with Gasteiger partial charge in [0.15, 0.2) is 16.6 Å². The maximum Gasteiger partial charge on any atom is 0.231 e. The van der Waals surface area contributed by atoms with Gasteiger partial charge in [-0.3, -0.25) is 0 Å². The normalized spacial score (nSPS) is 12.8. The predicted octanol–water partition coefficient (Wildman–Crippen LogP) is 2.38. The standard InChI is InChI=1S/C12H13N3O2S/c1-7-2-10-11(17-6-16-10)3-9(7)15-12-14-5-8(4-13)18-12/h2-3,5H,4,6,13H2,1H3,(H,14,15). The Morgan fingerprint density at radius 2 is 2.17 bits per heavy atom. The lowest BCUT2D eigenvalue weighted by molar-refractivity contribution is 0.174. The zero-order valence-electron chi connectivity index (χ0n) is 9.90. The molecule has 2 aromatic rings. The monoisotopic (exact) mass is 263 g/mol. The molecule has 0 aliphatic carbocycles. The molecule has 0 bridgehead atoms. The van der Waals surface area contributed by atoms with Gasteiger partial charge in [0.25, 0.3) is 0 Å². The summed E-state index contributed by atoms with van der Waals surface area (Å²) >= 11 is 1.55. The fourth-order valence-corrected chi connectivity index (χ4v) is 2.46. The van der Waals surface area contributed by atoms with Crippen LogP contribution >= 0.6 is 11.3 Å². The first-order chi connectivity index (χ1) is 8.76. The van der Waals surface area contributed by atoms with Crippen LogP contribution in [-0.4, -0.2) is 11.8 Å². The average molecular weight is 263 g/mol. The largest absolute Gasteiger partial charge is 0.454 e. The van der Waals surface area contributed by atoms with E-state index in [2.05, 4.69) is 10.3 Å². The van der Waals surface area contributed by atoms with Gasteiger partial charge in [0.1, 0.15) is 0 Å². The maximum absolute atomic E-state index is 5.57. The average Bonchev–Trinajstić information content (AvgIpc) is 2.98. The van der Waals surface area contributed by atoms with E-state index in [0.717, 1.165) is 32.8 Å². The number of anilines is 2. The maximum atomic E-state index is 5.57. The van der Waals surface area contributed by atoms with Crippen molar-refractivity contribution in [3.8, 4) is 11.5 Å². The molecule has 94 valence electrons. The lowest BCUT2D eigenvalue weighted by Crippen LogP contribution is -1.93. The third-order valence-electron chi connectivity index (χ3n) is 2.72. The molecule has 0 fully saturated rings. The Bertz CT molecular complexity index is 583. The van der Waals surface area contributed by atoms with E-state index in [4.69, 9.17) is 15.2 Å². The van der Waals surface area contributed by atoms with E-state index in [1.165, 1.54) is 0 Å². The SMILES string of the molecule is Cc1cc2c(cc1Nc1ncc(CN)s1)OCO2. The Kier molecular flexibility index (Phi) is 2.81. The van der Waals surface area contributed by atoms with Gasteiger partial charge < -0.3 is 20.5 Å². The highest BCUT2D eigenvalue weighted by molar-refractivity contribution is 7.15. The molecule has 3 rings (SSSR count). The number of nitrogens with one attached hydrogen (secondary N) is 1. The van der Waals surface area contributed by atoms with Crippen LogP contribution < -0.4 is 20.5 Å². The van der Waals surface area contributed by atoms with E-state index in [-0.39, 0.29) is 6.79 Å². The Labute approximate surface area is 109 Å². The van der Waals surface area contributed by atoms with Gasteiger partial charge in [-0.05, 0) is 18.6 Å². The fourth-order valence-electron chi connectivity index (χ4n) is 1.75. The van der Waals surface area contributed by atoms with Crippen molar-refractivity contribution in [3.05, 3.63) is 28.8 Å². The Hall–Kier alpha value is -1.79. The molecule has 18 heavy (non-hydrogen) atoms. The molecule has 0 saturated carbocycles. The number of aryl methyl sites for hydroxylation is 1. The molecule has 1 aliphatic rings. The summed E-state index contributed by atoms with van der Waals surface area (Å²) in [5, 5.41) is 4.10. The molecule has 0 amide bonds. The van der Waals surface area contributed by atoms with Gasteiger partial charge >= 0.3 is 0 Å². The van der Waals surface area contributed by atoms with Gasteiger partial charge in [-0.2, -0.15) is 0 Å². The molecular weight excluding hydrogens is 250 g/mol. The van der Waals surface area contributed by atoms with Gasteiger partial charge in [0, 0.05) is 29.4 Å². The van der Waals surface area contributed by atoms with Gasteiger partial charge in [0.05, 0.1) is 0 Å². The molecule has 1 aliphatic heterocycles. The minimum atomic E-state index is 0.285. The van der Waals surface area contributed by atoms with Gasteiger partial charge in [-0.15, -0.1) is 11.3 Å².